The molecule has 0 aliphatic heterocycles. The maximum atomic E-state index is 11.4. The van der Waals surface area contributed by atoms with Crippen LogP contribution in [0.3, 0.4) is 0 Å². The molecule has 1 unspecified atom stereocenters. The van der Waals surface area contributed by atoms with Gasteiger partial charge in [0, 0.05) is 6.54 Å². The van der Waals surface area contributed by atoms with E-state index in [2.05, 4.69) is 15.5 Å². The molecule has 2 rings (SSSR count). The van der Waals surface area contributed by atoms with Crippen molar-refractivity contribution in [1.82, 2.24) is 20.3 Å². The van der Waals surface area contributed by atoms with E-state index in [1.165, 1.54) is 0 Å². The summed E-state index contributed by atoms with van der Waals surface area (Å²) in [6.45, 7) is 7.93. The van der Waals surface area contributed by atoms with Crippen molar-refractivity contribution in [2.75, 3.05) is 0 Å². The van der Waals surface area contributed by atoms with Gasteiger partial charge in [0.1, 0.15) is 6.04 Å². The van der Waals surface area contributed by atoms with Gasteiger partial charge < -0.3 is 5.11 Å². The summed E-state index contributed by atoms with van der Waals surface area (Å²) in [4.78, 5) is 12.9. The molecular formula is C16H22N4O2. The number of carbonyl (C=O) groups is 1. The van der Waals surface area contributed by atoms with Gasteiger partial charge in [-0.2, -0.15) is 15.0 Å². The Morgan fingerprint density at radius 2 is 1.91 bits per heavy atom. The van der Waals surface area contributed by atoms with Crippen LogP contribution in [0.5, 0.6) is 0 Å². The molecule has 1 aromatic heterocycles. The molecule has 0 saturated heterocycles. The maximum Gasteiger partial charge on any atom is 0.321 e. The Hall–Kier alpha value is -2.21. The summed E-state index contributed by atoms with van der Waals surface area (Å²) in [7, 11) is 0. The first kappa shape index (κ1) is 16.2. The van der Waals surface area contributed by atoms with Gasteiger partial charge in [-0.05, 0) is 24.5 Å². The highest BCUT2D eigenvalue weighted by atomic mass is 16.4. The van der Waals surface area contributed by atoms with Crippen LogP contribution in [0.25, 0.3) is 5.69 Å². The standard InChI is InChI=1S/C16H22N4O2/c1-11-13(10-17-14(15(21)22)16(2,3)4)19-20(18-11)12-8-6-5-7-9-12/h5-9,14,17H,10H2,1-4H3,(H,21,22). The predicted octanol–water partition coefficient (Wildman–Crippen LogP) is 2.16. The number of rotatable bonds is 5. The summed E-state index contributed by atoms with van der Waals surface area (Å²) in [5.74, 6) is -0.861. The molecule has 0 amide bonds. The highest BCUT2D eigenvalue weighted by Gasteiger charge is 2.31. The molecule has 0 aliphatic carbocycles. The van der Waals surface area contributed by atoms with Crippen molar-refractivity contribution in [2.45, 2.75) is 40.3 Å². The average molecular weight is 302 g/mol. The average Bonchev–Trinajstić information content (AvgIpc) is 2.80. The molecule has 0 spiro atoms. The molecule has 2 aromatic rings. The van der Waals surface area contributed by atoms with Crippen molar-refractivity contribution in [3.63, 3.8) is 0 Å². The lowest BCUT2D eigenvalue weighted by Crippen LogP contribution is -2.46. The van der Waals surface area contributed by atoms with Gasteiger partial charge in [0.25, 0.3) is 0 Å². The van der Waals surface area contributed by atoms with Crippen LogP contribution < -0.4 is 5.32 Å². The molecule has 0 bridgehead atoms. The fraction of sp³-hybridized carbons (Fsp3) is 0.438. The van der Waals surface area contributed by atoms with Gasteiger partial charge >= 0.3 is 5.97 Å². The van der Waals surface area contributed by atoms with E-state index in [9.17, 15) is 9.90 Å². The molecular weight excluding hydrogens is 280 g/mol. The summed E-state index contributed by atoms with van der Waals surface area (Å²) in [6.07, 6.45) is 0. The van der Waals surface area contributed by atoms with E-state index in [-0.39, 0.29) is 5.41 Å². The summed E-state index contributed by atoms with van der Waals surface area (Å²) in [5.41, 5.74) is 2.03. The summed E-state index contributed by atoms with van der Waals surface area (Å²) >= 11 is 0. The lowest BCUT2D eigenvalue weighted by molar-refractivity contribution is -0.142. The largest absolute Gasteiger partial charge is 0.480 e. The Bertz CT molecular complexity index is 644. The van der Waals surface area contributed by atoms with Crippen LogP contribution in [0.4, 0.5) is 0 Å². The van der Waals surface area contributed by atoms with Crippen molar-refractivity contribution in [2.24, 2.45) is 5.41 Å². The minimum absolute atomic E-state index is 0.368. The number of carboxylic acid groups (broad SMARTS) is 1. The lowest BCUT2D eigenvalue weighted by atomic mass is 9.87. The van der Waals surface area contributed by atoms with E-state index >= 15 is 0 Å². The van der Waals surface area contributed by atoms with Crippen LogP contribution in [0.2, 0.25) is 0 Å². The van der Waals surface area contributed by atoms with Gasteiger partial charge in [-0.15, -0.1) is 0 Å². The zero-order valence-corrected chi connectivity index (χ0v) is 13.4. The third kappa shape index (κ3) is 3.71. The molecule has 6 heteroatoms. The fourth-order valence-corrected chi connectivity index (χ4v) is 2.21. The summed E-state index contributed by atoms with van der Waals surface area (Å²) in [6, 6.07) is 8.98. The van der Waals surface area contributed by atoms with Crippen molar-refractivity contribution in [3.8, 4) is 5.69 Å². The normalized spacial score (nSPS) is 13.1. The molecule has 1 aromatic carbocycles. The third-order valence-corrected chi connectivity index (χ3v) is 3.45. The first-order valence-electron chi connectivity index (χ1n) is 7.23. The van der Waals surface area contributed by atoms with Crippen molar-refractivity contribution >= 4 is 5.97 Å². The predicted molar refractivity (Wildman–Crippen MR) is 83.8 cm³/mol. The molecule has 1 atom stereocenters. The highest BCUT2D eigenvalue weighted by molar-refractivity contribution is 5.74. The van der Waals surface area contributed by atoms with Crippen LogP contribution in [0.1, 0.15) is 32.2 Å². The smallest absolute Gasteiger partial charge is 0.321 e. The number of aliphatic carboxylic acids is 1. The van der Waals surface area contributed by atoms with Crippen molar-refractivity contribution < 1.29 is 9.90 Å². The van der Waals surface area contributed by atoms with E-state index in [4.69, 9.17) is 0 Å². The number of hydrogen-bond donors (Lipinski definition) is 2. The van der Waals surface area contributed by atoms with E-state index < -0.39 is 12.0 Å². The second-order valence-electron chi connectivity index (χ2n) is 6.38. The minimum atomic E-state index is -0.861. The first-order chi connectivity index (χ1) is 10.3. The van der Waals surface area contributed by atoms with Gasteiger partial charge in [-0.3, -0.25) is 10.1 Å². The molecule has 6 nitrogen and oxygen atoms in total. The zero-order chi connectivity index (χ0) is 16.3. The zero-order valence-electron chi connectivity index (χ0n) is 13.4. The molecule has 1 heterocycles. The topological polar surface area (TPSA) is 80.0 Å². The second-order valence-corrected chi connectivity index (χ2v) is 6.38. The molecule has 0 radical (unpaired) electrons. The van der Waals surface area contributed by atoms with Gasteiger partial charge in [-0.1, -0.05) is 39.0 Å². The lowest BCUT2D eigenvalue weighted by Gasteiger charge is -2.27. The summed E-state index contributed by atoms with van der Waals surface area (Å²) in [5, 5.41) is 21.2. The van der Waals surface area contributed by atoms with E-state index in [0.717, 1.165) is 17.1 Å². The number of carboxylic acids is 1. The van der Waals surface area contributed by atoms with Crippen LogP contribution in [0, 0.1) is 12.3 Å². The monoisotopic (exact) mass is 302 g/mol. The van der Waals surface area contributed by atoms with Crippen LogP contribution in [-0.4, -0.2) is 32.1 Å². The van der Waals surface area contributed by atoms with Crippen LogP contribution >= 0.6 is 0 Å². The molecule has 0 aliphatic rings. The summed E-state index contributed by atoms with van der Waals surface area (Å²) < 4.78 is 0. The number of benzene rings is 1. The molecule has 2 N–H and O–H groups in total. The molecule has 0 fully saturated rings. The van der Waals surface area contributed by atoms with Crippen molar-refractivity contribution in [3.05, 3.63) is 41.7 Å². The van der Waals surface area contributed by atoms with Crippen LogP contribution in [-0.2, 0) is 11.3 Å². The number of hydrogen-bond acceptors (Lipinski definition) is 4. The molecule has 0 saturated carbocycles. The maximum absolute atomic E-state index is 11.4. The van der Waals surface area contributed by atoms with E-state index in [0.29, 0.717) is 6.54 Å². The SMILES string of the molecule is Cc1nn(-c2ccccc2)nc1CNC(C(=O)O)C(C)(C)C. The number of nitrogens with one attached hydrogen (secondary N) is 1. The quantitative estimate of drug-likeness (QED) is 0.884. The number of nitrogens with zero attached hydrogens (tertiary/aromatic N) is 3. The Labute approximate surface area is 130 Å². The number of aryl methyl sites for hydroxylation is 1. The second kappa shape index (κ2) is 6.27. The van der Waals surface area contributed by atoms with Gasteiger partial charge in [-0.25, -0.2) is 0 Å². The van der Waals surface area contributed by atoms with Crippen LogP contribution in [0.15, 0.2) is 30.3 Å². The third-order valence-electron chi connectivity index (χ3n) is 3.45. The fourth-order valence-electron chi connectivity index (χ4n) is 2.21. The Morgan fingerprint density at radius 1 is 1.27 bits per heavy atom. The molecule has 118 valence electrons. The number of aromatic nitrogens is 3. The Balaban J connectivity index is 2.14. The highest BCUT2D eigenvalue weighted by Crippen LogP contribution is 2.20. The van der Waals surface area contributed by atoms with Gasteiger partial charge in [0.2, 0.25) is 0 Å². The minimum Gasteiger partial charge on any atom is -0.480 e. The Morgan fingerprint density at radius 3 is 2.45 bits per heavy atom. The van der Waals surface area contributed by atoms with Gasteiger partial charge in [0.15, 0.2) is 0 Å². The van der Waals surface area contributed by atoms with E-state index in [1.807, 2.05) is 58.0 Å². The van der Waals surface area contributed by atoms with E-state index in [1.54, 1.807) is 4.80 Å². The van der Waals surface area contributed by atoms with Gasteiger partial charge in [0.05, 0.1) is 17.1 Å². The first-order valence-corrected chi connectivity index (χ1v) is 7.23. The Kier molecular flexibility index (Phi) is 4.61. The molecule has 22 heavy (non-hydrogen) atoms. The van der Waals surface area contributed by atoms with Crippen molar-refractivity contribution in [1.29, 1.82) is 0 Å². The number of para-hydroxylation sites is 1.